The zero-order chi connectivity index (χ0) is 18.1. The van der Waals surface area contributed by atoms with Gasteiger partial charge in [0.25, 0.3) is 0 Å². The average molecular weight is 435 g/mol. The Morgan fingerprint density at radius 1 is 1.04 bits per heavy atom. The van der Waals surface area contributed by atoms with Gasteiger partial charge >= 0.3 is 0 Å². The average Bonchev–Trinajstić information content (AvgIpc) is 3.26. The summed E-state index contributed by atoms with van der Waals surface area (Å²) >= 11 is 3.38. The molecular formula is C20H23BrN2O2S. The maximum absolute atomic E-state index is 13.1. The minimum atomic E-state index is -3.42. The zero-order valence-electron chi connectivity index (χ0n) is 14.6. The quantitative estimate of drug-likeness (QED) is 0.713. The number of nitrogens with zero attached hydrogens (tertiary/aromatic N) is 2. The summed E-state index contributed by atoms with van der Waals surface area (Å²) in [7, 11) is -3.42. The van der Waals surface area contributed by atoms with Crippen LogP contribution in [-0.2, 0) is 23.1 Å². The van der Waals surface area contributed by atoms with Crippen molar-refractivity contribution in [3.63, 3.8) is 0 Å². The van der Waals surface area contributed by atoms with Gasteiger partial charge in [0.2, 0.25) is 10.0 Å². The molecule has 0 spiro atoms. The van der Waals surface area contributed by atoms with Gasteiger partial charge in [-0.05, 0) is 48.6 Å². The summed E-state index contributed by atoms with van der Waals surface area (Å²) in [5.74, 6) is 0. The van der Waals surface area contributed by atoms with Gasteiger partial charge in [0.1, 0.15) is 0 Å². The summed E-state index contributed by atoms with van der Waals surface area (Å²) in [6, 6.07) is 15.7. The normalized spacial score (nSPS) is 21.2. The number of hydrogen-bond acceptors (Lipinski definition) is 3. The molecule has 1 unspecified atom stereocenters. The van der Waals surface area contributed by atoms with E-state index in [1.54, 1.807) is 22.5 Å². The fourth-order valence-corrected chi connectivity index (χ4v) is 6.39. The first-order valence-electron chi connectivity index (χ1n) is 9.10. The first-order chi connectivity index (χ1) is 12.5. The van der Waals surface area contributed by atoms with Gasteiger partial charge < -0.3 is 0 Å². The molecule has 0 saturated carbocycles. The van der Waals surface area contributed by atoms with Crippen LogP contribution in [0.1, 0.15) is 30.4 Å². The third-order valence-corrected chi connectivity index (χ3v) is 7.85. The van der Waals surface area contributed by atoms with Crippen LogP contribution in [0.5, 0.6) is 0 Å². The summed E-state index contributed by atoms with van der Waals surface area (Å²) in [6.07, 6.45) is 2.79. The van der Waals surface area contributed by atoms with Gasteiger partial charge in [-0.1, -0.05) is 46.3 Å². The van der Waals surface area contributed by atoms with Crippen molar-refractivity contribution in [2.24, 2.45) is 0 Å². The van der Waals surface area contributed by atoms with Crippen LogP contribution in [0.3, 0.4) is 0 Å². The highest BCUT2D eigenvalue weighted by molar-refractivity contribution is 9.10. The van der Waals surface area contributed by atoms with E-state index in [-0.39, 0.29) is 6.04 Å². The molecule has 2 aromatic carbocycles. The summed E-state index contributed by atoms with van der Waals surface area (Å²) in [6.45, 7) is 3.51. The van der Waals surface area contributed by atoms with Crippen LogP contribution in [0.25, 0.3) is 0 Å². The highest BCUT2D eigenvalue weighted by Crippen LogP contribution is 2.30. The smallest absolute Gasteiger partial charge is 0.243 e. The molecule has 0 N–H and O–H groups in total. The van der Waals surface area contributed by atoms with Crippen molar-refractivity contribution >= 4 is 26.0 Å². The van der Waals surface area contributed by atoms with Gasteiger partial charge in [0.15, 0.2) is 0 Å². The third kappa shape index (κ3) is 3.60. The monoisotopic (exact) mass is 434 g/mol. The predicted molar refractivity (Wildman–Crippen MR) is 106 cm³/mol. The van der Waals surface area contributed by atoms with Gasteiger partial charge in [0.05, 0.1) is 4.90 Å². The Hall–Kier alpha value is -1.21. The molecule has 2 aliphatic heterocycles. The van der Waals surface area contributed by atoms with Crippen molar-refractivity contribution < 1.29 is 8.42 Å². The molecule has 2 aromatic rings. The van der Waals surface area contributed by atoms with E-state index < -0.39 is 10.0 Å². The molecule has 4 nitrogen and oxygen atoms in total. The second-order valence-electron chi connectivity index (χ2n) is 7.14. The Balaban J connectivity index is 1.43. The molecule has 2 aliphatic rings. The number of fused-ring (bicyclic) bond motifs is 1. The second kappa shape index (κ2) is 7.43. The second-order valence-corrected chi connectivity index (χ2v) is 9.94. The van der Waals surface area contributed by atoms with Gasteiger partial charge in [-0.2, -0.15) is 4.31 Å². The molecule has 138 valence electrons. The zero-order valence-corrected chi connectivity index (χ0v) is 17.0. The molecule has 2 heterocycles. The molecule has 0 radical (unpaired) electrons. The van der Waals surface area contributed by atoms with Crippen LogP contribution < -0.4 is 0 Å². The minimum absolute atomic E-state index is 0.0997. The van der Waals surface area contributed by atoms with Gasteiger partial charge in [-0.3, -0.25) is 4.90 Å². The molecule has 6 heteroatoms. The highest BCUT2D eigenvalue weighted by Gasteiger charge is 2.35. The minimum Gasteiger partial charge on any atom is -0.295 e. The molecule has 0 amide bonds. The molecule has 0 bridgehead atoms. The van der Waals surface area contributed by atoms with E-state index >= 15 is 0 Å². The van der Waals surface area contributed by atoms with Crippen LogP contribution in [0, 0.1) is 0 Å². The number of benzene rings is 2. The summed E-state index contributed by atoms with van der Waals surface area (Å²) in [4.78, 5) is 2.81. The lowest BCUT2D eigenvalue weighted by Crippen LogP contribution is -2.37. The van der Waals surface area contributed by atoms with Crippen molar-refractivity contribution in [2.45, 2.75) is 43.3 Å². The molecule has 1 saturated heterocycles. The van der Waals surface area contributed by atoms with E-state index in [9.17, 15) is 8.42 Å². The lowest BCUT2D eigenvalue weighted by Gasteiger charge is -2.26. The molecule has 1 fully saturated rings. The molecule has 0 aromatic heterocycles. The van der Waals surface area contributed by atoms with Crippen molar-refractivity contribution in [1.82, 2.24) is 9.21 Å². The number of sulfonamides is 1. The molecule has 26 heavy (non-hydrogen) atoms. The van der Waals surface area contributed by atoms with Gasteiger partial charge in [0, 0.05) is 36.7 Å². The largest absolute Gasteiger partial charge is 0.295 e. The lowest BCUT2D eigenvalue weighted by molar-refractivity contribution is 0.249. The molecule has 1 atom stereocenters. The Labute approximate surface area is 164 Å². The summed E-state index contributed by atoms with van der Waals surface area (Å²) < 4.78 is 28.6. The van der Waals surface area contributed by atoms with Crippen molar-refractivity contribution in [3.8, 4) is 0 Å². The number of hydrogen-bond donors (Lipinski definition) is 0. The van der Waals surface area contributed by atoms with E-state index in [0.29, 0.717) is 11.4 Å². The Morgan fingerprint density at radius 2 is 1.77 bits per heavy atom. The Bertz CT molecular complexity index is 875. The Morgan fingerprint density at radius 3 is 2.46 bits per heavy atom. The van der Waals surface area contributed by atoms with E-state index in [4.69, 9.17) is 0 Å². The maximum atomic E-state index is 13.1. The first kappa shape index (κ1) is 18.2. The molecule has 0 aliphatic carbocycles. The van der Waals surface area contributed by atoms with Crippen LogP contribution in [0.15, 0.2) is 57.9 Å². The predicted octanol–water partition coefficient (Wildman–Crippen LogP) is 4.01. The SMILES string of the molecule is O=S(=O)(c1cccc(Br)c1)N1CCCC1CCN1Cc2ccccc2C1. The van der Waals surface area contributed by atoms with Crippen LogP contribution >= 0.6 is 15.9 Å². The Kier molecular flexibility index (Phi) is 5.19. The highest BCUT2D eigenvalue weighted by atomic mass is 79.9. The first-order valence-corrected chi connectivity index (χ1v) is 11.3. The van der Waals surface area contributed by atoms with Gasteiger partial charge in [-0.25, -0.2) is 8.42 Å². The fraction of sp³-hybridized carbons (Fsp3) is 0.400. The molecular weight excluding hydrogens is 412 g/mol. The van der Waals surface area contributed by atoms with E-state index in [2.05, 4.69) is 45.1 Å². The van der Waals surface area contributed by atoms with E-state index in [0.717, 1.165) is 43.4 Å². The van der Waals surface area contributed by atoms with E-state index in [1.807, 2.05) is 6.07 Å². The van der Waals surface area contributed by atoms with Crippen LogP contribution in [-0.4, -0.2) is 36.8 Å². The third-order valence-electron chi connectivity index (χ3n) is 5.41. The van der Waals surface area contributed by atoms with Gasteiger partial charge in [-0.15, -0.1) is 0 Å². The summed E-state index contributed by atoms with van der Waals surface area (Å²) in [5.41, 5.74) is 2.80. The maximum Gasteiger partial charge on any atom is 0.243 e. The van der Waals surface area contributed by atoms with Crippen molar-refractivity contribution in [3.05, 3.63) is 64.1 Å². The fourth-order valence-electron chi connectivity index (χ4n) is 4.07. The standard InChI is InChI=1S/C20H23BrN2O2S/c21-18-7-3-9-20(13-18)26(24,25)23-11-4-8-19(23)10-12-22-14-16-5-1-2-6-17(16)15-22/h1-3,5-7,9,13,19H,4,8,10-12,14-15H2. The van der Waals surface area contributed by atoms with Crippen molar-refractivity contribution in [2.75, 3.05) is 13.1 Å². The van der Waals surface area contributed by atoms with Crippen LogP contribution in [0.4, 0.5) is 0 Å². The molecule has 4 rings (SSSR count). The lowest BCUT2D eigenvalue weighted by atomic mass is 10.1. The van der Waals surface area contributed by atoms with E-state index in [1.165, 1.54) is 11.1 Å². The summed E-state index contributed by atoms with van der Waals surface area (Å²) in [5, 5.41) is 0. The van der Waals surface area contributed by atoms with Crippen molar-refractivity contribution in [1.29, 1.82) is 0 Å². The van der Waals surface area contributed by atoms with Crippen LogP contribution in [0.2, 0.25) is 0 Å². The number of rotatable bonds is 5. The number of halogens is 1. The topological polar surface area (TPSA) is 40.6 Å².